The molecule has 0 aliphatic carbocycles. The van der Waals surface area contributed by atoms with Crippen LogP contribution in [0.5, 0.6) is 0 Å². The Labute approximate surface area is 101 Å². The van der Waals surface area contributed by atoms with Gasteiger partial charge in [0.25, 0.3) is 0 Å². The molecule has 0 spiro atoms. The predicted molar refractivity (Wildman–Crippen MR) is 68.2 cm³/mol. The van der Waals surface area contributed by atoms with Crippen molar-refractivity contribution in [2.45, 2.75) is 33.2 Å². The lowest BCUT2D eigenvalue weighted by molar-refractivity contribution is 0.732. The molecule has 4 nitrogen and oxygen atoms in total. The zero-order valence-electron chi connectivity index (χ0n) is 10.5. The lowest BCUT2D eigenvalue weighted by Gasteiger charge is -2.08. The molecule has 0 aliphatic heterocycles. The standard InChI is InChI=1S/C13H18N4/c1-9(14)4-12-6-13(8-15-7-12)17-11(3)5-10(2)16-17/h5-9H,4,14H2,1-3H3. The summed E-state index contributed by atoms with van der Waals surface area (Å²) in [6.07, 6.45) is 4.52. The van der Waals surface area contributed by atoms with Crippen LogP contribution in [0, 0.1) is 13.8 Å². The van der Waals surface area contributed by atoms with Crippen LogP contribution in [-0.4, -0.2) is 20.8 Å². The van der Waals surface area contributed by atoms with Gasteiger partial charge < -0.3 is 5.73 Å². The van der Waals surface area contributed by atoms with Crippen LogP contribution in [0.3, 0.4) is 0 Å². The third kappa shape index (κ3) is 2.71. The lowest BCUT2D eigenvalue weighted by Crippen LogP contribution is -2.18. The molecule has 0 aliphatic rings. The Morgan fingerprint density at radius 1 is 1.29 bits per heavy atom. The Morgan fingerprint density at radius 3 is 2.65 bits per heavy atom. The molecule has 2 aromatic rings. The molecule has 0 radical (unpaired) electrons. The van der Waals surface area contributed by atoms with Crippen molar-refractivity contribution in [3.63, 3.8) is 0 Å². The molecule has 17 heavy (non-hydrogen) atoms. The molecule has 0 fully saturated rings. The van der Waals surface area contributed by atoms with Crippen molar-refractivity contribution >= 4 is 0 Å². The molecular weight excluding hydrogens is 212 g/mol. The fourth-order valence-electron chi connectivity index (χ4n) is 1.96. The summed E-state index contributed by atoms with van der Waals surface area (Å²) in [6, 6.07) is 4.29. The highest BCUT2D eigenvalue weighted by molar-refractivity contribution is 5.34. The average Bonchev–Trinajstić information content (AvgIpc) is 2.57. The van der Waals surface area contributed by atoms with Crippen molar-refractivity contribution in [1.29, 1.82) is 0 Å². The Bertz CT molecular complexity index is 514. The smallest absolute Gasteiger partial charge is 0.0834 e. The Morgan fingerprint density at radius 2 is 2.06 bits per heavy atom. The Hall–Kier alpha value is -1.68. The first-order chi connectivity index (χ1) is 8.06. The summed E-state index contributed by atoms with van der Waals surface area (Å²) in [6.45, 7) is 6.02. The van der Waals surface area contributed by atoms with Crippen molar-refractivity contribution in [1.82, 2.24) is 14.8 Å². The van der Waals surface area contributed by atoms with Gasteiger partial charge in [0.05, 0.1) is 17.6 Å². The van der Waals surface area contributed by atoms with Crippen LogP contribution in [0.4, 0.5) is 0 Å². The van der Waals surface area contributed by atoms with Crippen molar-refractivity contribution in [3.05, 3.63) is 41.5 Å². The van der Waals surface area contributed by atoms with Crippen LogP contribution >= 0.6 is 0 Å². The van der Waals surface area contributed by atoms with Gasteiger partial charge in [0, 0.05) is 17.9 Å². The van der Waals surface area contributed by atoms with E-state index in [0.29, 0.717) is 0 Å². The number of hydrogen-bond donors (Lipinski definition) is 1. The first kappa shape index (κ1) is 11.8. The van der Waals surface area contributed by atoms with Gasteiger partial charge in [-0.15, -0.1) is 0 Å². The first-order valence-corrected chi connectivity index (χ1v) is 5.79. The van der Waals surface area contributed by atoms with Crippen molar-refractivity contribution in [3.8, 4) is 5.69 Å². The summed E-state index contributed by atoms with van der Waals surface area (Å²) in [7, 11) is 0. The van der Waals surface area contributed by atoms with E-state index >= 15 is 0 Å². The van der Waals surface area contributed by atoms with Crippen LogP contribution in [-0.2, 0) is 6.42 Å². The minimum absolute atomic E-state index is 0.146. The van der Waals surface area contributed by atoms with Crippen LogP contribution in [0.15, 0.2) is 24.5 Å². The molecule has 0 bridgehead atoms. The van der Waals surface area contributed by atoms with E-state index in [4.69, 9.17) is 5.73 Å². The van der Waals surface area contributed by atoms with Gasteiger partial charge in [-0.2, -0.15) is 5.10 Å². The highest BCUT2D eigenvalue weighted by atomic mass is 15.3. The highest BCUT2D eigenvalue weighted by Crippen LogP contribution is 2.13. The van der Waals surface area contributed by atoms with E-state index in [1.807, 2.05) is 37.8 Å². The number of rotatable bonds is 3. The topological polar surface area (TPSA) is 56.7 Å². The maximum atomic E-state index is 5.80. The highest BCUT2D eigenvalue weighted by Gasteiger charge is 2.05. The third-order valence-corrected chi connectivity index (χ3v) is 2.59. The second-order valence-corrected chi connectivity index (χ2v) is 4.57. The maximum Gasteiger partial charge on any atom is 0.0834 e. The van der Waals surface area contributed by atoms with Gasteiger partial charge in [-0.05, 0) is 44.9 Å². The number of pyridine rings is 1. The van der Waals surface area contributed by atoms with E-state index in [2.05, 4.69) is 22.2 Å². The minimum atomic E-state index is 0.146. The van der Waals surface area contributed by atoms with E-state index in [1.54, 1.807) is 0 Å². The molecule has 4 heteroatoms. The van der Waals surface area contributed by atoms with Gasteiger partial charge in [-0.1, -0.05) is 0 Å². The number of hydrogen-bond acceptors (Lipinski definition) is 3. The number of nitrogens with zero attached hydrogens (tertiary/aromatic N) is 3. The summed E-state index contributed by atoms with van der Waals surface area (Å²) in [5.41, 5.74) is 10.1. The third-order valence-electron chi connectivity index (χ3n) is 2.59. The quantitative estimate of drug-likeness (QED) is 0.874. The van der Waals surface area contributed by atoms with Crippen molar-refractivity contribution in [2.75, 3.05) is 0 Å². The molecule has 2 heterocycles. The van der Waals surface area contributed by atoms with Crippen LogP contribution < -0.4 is 5.73 Å². The largest absolute Gasteiger partial charge is 0.328 e. The zero-order chi connectivity index (χ0) is 12.4. The monoisotopic (exact) mass is 230 g/mol. The summed E-state index contributed by atoms with van der Waals surface area (Å²) >= 11 is 0. The van der Waals surface area contributed by atoms with Gasteiger partial charge in [0.1, 0.15) is 0 Å². The van der Waals surface area contributed by atoms with Gasteiger partial charge in [0.2, 0.25) is 0 Å². The van der Waals surface area contributed by atoms with Gasteiger partial charge >= 0.3 is 0 Å². The van der Waals surface area contributed by atoms with Crippen LogP contribution in [0.2, 0.25) is 0 Å². The van der Waals surface area contributed by atoms with E-state index in [9.17, 15) is 0 Å². The minimum Gasteiger partial charge on any atom is -0.328 e. The molecule has 90 valence electrons. The van der Waals surface area contributed by atoms with Gasteiger partial charge in [-0.3, -0.25) is 4.98 Å². The molecule has 1 atom stereocenters. The Kier molecular flexibility index (Phi) is 3.24. The van der Waals surface area contributed by atoms with Crippen molar-refractivity contribution < 1.29 is 0 Å². The summed E-state index contributed by atoms with van der Waals surface area (Å²) in [4.78, 5) is 4.25. The lowest BCUT2D eigenvalue weighted by atomic mass is 10.1. The van der Waals surface area contributed by atoms with E-state index < -0.39 is 0 Å². The molecule has 0 amide bonds. The number of aromatic nitrogens is 3. The summed E-state index contributed by atoms with van der Waals surface area (Å²) in [5.74, 6) is 0. The first-order valence-electron chi connectivity index (χ1n) is 5.79. The fraction of sp³-hybridized carbons (Fsp3) is 0.385. The Balaban J connectivity index is 2.36. The molecule has 0 aromatic carbocycles. The van der Waals surface area contributed by atoms with E-state index in [1.165, 1.54) is 0 Å². The predicted octanol–water partition coefficient (Wildman–Crippen LogP) is 1.77. The molecule has 2 aromatic heterocycles. The molecule has 1 unspecified atom stereocenters. The average molecular weight is 230 g/mol. The van der Waals surface area contributed by atoms with Crippen LogP contribution in [0.25, 0.3) is 5.69 Å². The number of nitrogens with two attached hydrogens (primary N) is 1. The molecule has 2 rings (SSSR count). The molecule has 2 N–H and O–H groups in total. The van der Waals surface area contributed by atoms with E-state index in [-0.39, 0.29) is 6.04 Å². The SMILES string of the molecule is Cc1cc(C)n(-c2cncc(CC(C)N)c2)n1. The second-order valence-electron chi connectivity index (χ2n) is 4.57. The summed E-state index contributed by atoms with van der Waals surface area (Å²) < 4.78 is 1.91. The molecule has 0 saturated carbocycles. The maximum absolute atomic E-state index is 5.80. The summed E-state index contributed by atoms with van der Waals surface area (Å²) in [5, 5.41) is 4.45. The molecular formula is C13H18N4. The second kappa shape index (κ2) is 4.67. The molecule has 0 saturated heterocycles. The number of aryl methyl sites for hydroxylation is 2. The normalized spacial score (nSPS) is 12.7. The fourth-order valence-corrected chi connectivity index (χ4v) is 1.96. The van der Waals surface area contributed by atoms with Gasteiger partial charge in [0.15, 0.2) is 0 Å². The van der Waals surface area contributed by atoms with Crippen LogP contribution in [0.1, 0.15) is 23.9 Å². The van der Waals surface area contributed by atoms with Crippen molar-refractivity contribution in [2.24, 2.45) is 5.73 Å². The zero-order valence-corrected chi connectivity index (χ0v) is 10.5. The van der Waals surface area contributed by atoms with Gasteiger partial charge in [-0.25, -0.2) is 4.68 Å². The van der Waals surface area contributed by atoms with E-state index in [0.717, 1.165) is 29.1 Å².